The van der Waals surface area contributed by atoms with Gasteiger partial charge in [0.05, 0.1) is 6.54 Å². The second kappa shape index (κ2) is 9.55. The third kappa shape index (κ3) is 5.40. The number of rotatable bonds is 6. The first-order valence-electron chi connectivity index (χ1n) is 6.65. The number of aromatic nitrogens is 1. The Balaban J connectivity index is 0.00000264. The number of aryl methyl sites for hydroxylation is 1. The van der Waals surface area contributed by atoms with Crippen molar-refractivity contribution in [2.75, 3.05) is 12.2 Å². The third-order valence-corrected chi connectivity index (χ3v) is 3.42. The van der Waals surface area contributed by atoms with Crippen molar-refractivity contribution < 1.29 is 46.2 Å². The molecule has 1 radical (unpaired) electrons. The van der Waals surface area contributed by atoms with Crippen LogP contribution in [-0.4, -0.2) is 23.2 Å². The number of ether oxygens (including phenoxy) is 1. The van der Waals surface area contributed by atoms with Gasteiger partial charge >= 0.3 is 0 Å². The van der Waals surface area contributed by atoms with Crippen molar-refractivity contribution in [1.82, 2.24) is 4.57 Å². The molecule has 0 saturated carbocycles. The van der Waals surface area contributed by atoms with E-state index in [4.69, 9.17) is 4.74 Å². The van der Waals surface area contributed by atoms with E-state index in [1.807, 2.05) is 6.26 Å². The predicted molar refractivity (Wildman–Crippen MR) is 84.7 cm³/mol. The molecule has 1 heterocycles. The summed E-state index contributed by atoms with van der Waals surface area (Å²) in [5.74, 6) is 1.22. The molecule has 0 aliphatic carbocycles. The van der Waals surface area contributed by atoms with Gasteiger partial charge in [0.15, 0.2) is 5.56 Å². The zero-order valence-corrected chi connectivity index (χ0v) is 16.5. The first-order chi connectivity index (χ1) is 10.5. The molecule has 0 spiro atoms. The Morgan fingerprint density at radius 2 is 1.96 bits per heavy atom. The average Bonchev–Trinajstić information content (AvgIpc) is 2.50. The van der Waals surface area contributed by atoms with Crippen molar-refractivity contribution in [3.8, 4) is 17.0 Å². The molecule has 23 heavy (non-hydrogen) atoms. The molecular formula is C16H16F2NO2SY-. The van der Waals surface area contributed by atoms with Gasteiger partial charge in [-0.25, -0.2) is 8.78 Å². The quantitative estimate of drug-likeness (QED) is 0.536. The Labute approximate surface area is 163 Å². The van der Waals surface area contributed by atoms with Crippen LogP contribution in [0.15, 0.2) is 35.1 Å². The van der Waals surface area contributed by atoms with Crippen molar-refractivity contribution >= 4 is 11.8 Å². The third-order valence-electron chi connectivity index (χ3n) is 3.07. The molecule has 1 aromatic heterocycles. The van der Waals surface area contributed by atoms with E-state index >= 15 is 0 Å². The van der Waals surface area contributed by atoms with Crippen LogP contribution in [0.2, 0.25) is 0 Å². The molecule has 121 valence electrons. The van der Waals surface area contributed by atoms with E-state index in [0.717, 1.165) is 4.57 Å². The van der Waals surface area contributed by atoms with Crippen LogP contribution in [0.3, 0.4) is 0 Å². The molecule has 0 fully saturated rings. The van der Waals surface area contributed by atoms with E-state index in [2.05, 4.69) is 6.07 Å². The topological polar surface area (TPSA) is 31.2 Å². The summed E-state index contributed by atoms with van der Waals surface area (Å²) in [5, 5.41) is 0. The minimum Gasteiger partial charge on any atom is -0.483 e. The van der Waals surface area contributed by atoms with Crippen LogP contribution in [-0.2, 0) is 39.3 Å². The van der Waals surface area contributed by atoms with E-state index in [9.17, 15) is 13.6 Å². The number of thioether (sulfide) groups is 1. The maximum Gasteiger partial charge on any atom is 0.256 e. The van der Waals surface area contributed by atoms with Crippen LogP contribution >= 0.6 is 11.8 Å². The molecule has 3 nitrogen and oxygen atoms in total. The van der Waals surface area contributed by atoms with Crippen molar-refractivity contribution in [3.63, 3.8) is 0 Å². The predicted octanol–water partition coefficient (Wildman–Crippen LogP) is 3.59. The molecule has 2 aromatic rings. The summed E-state index contributed by atoms with van der Waals surface area (Å²) < 4.78 is 32.0. The number of pyridine rings is 1. The van der Waals surface area contributed by atoms with E-state index in [-0.39, 0.29) is 32.7 Å². The van der Waals surface area contributed by atoms with Crippen LogP contribution in [0.5, 0.6) is 5.75 Å². The number of hydrogen-bond acceptors (Lipinski definition) is 3. The van der Waals surface area contributed by atoms with Gasteiger partial charge in [-0.15, -0.1) is 23.9 Å². The number of alkyl halides is 2. The van der Waals surface area contributed by atoms with Crippen molar-refractivity contribution in [1.29, 1.82) is 0 Å². The van der Waals surface area contributed by atoms with Crippen LogP contribution in [0.25, 0.3) is 11.3 Å². The molecule has 2 rings (SSSR count). The van der Waals surface area contributed by atoms with Crippen molar-refractivity contribution in [2.45, 2.75) is 19.9 Å². The molecule has 0 amide bonds. The van der Waals surface area contributed by atoms with Crippen LogP contribution in [0.4, 0.5) is 8.78 Å². The summed E-state index contributed by atoms with van der Waals surface area (Å²) in [5.41, 5.74) is 0.975. The average molecular weight is 413 g/mol. The van der Waals surface area contributed by atoms with Gasteiger partial charge < -0.3 is 9.30 Å². The summed E-state index contributed by atoms with van der Waals surface area (Å²) >= 11 is 1.55. The van der Waals surface area contributed by atoms with Gasteiger partial charge in [0.25, 0.3) is 6.43 Å². The molecule has 0 unspecified atom stereocenters. The monoisotopic (exact) mass is 413 g/mol. The molecular weight excluding hydrogens is 397 g/mol. The van der Waals surface area contributed by atoms with E-state index in [0.29, 0.717) is 28.5 Å². The first kappa shape index (κ1) is 20.3. The van der Waals surface area contributed by atoms with Gasteiger partial charge in [-0.3, -0.25) is 4.79 Å². The Morgan fingerprint density at radius 1 is 1.30 bits per heavy atom. The van der Waals surface area contributed by atoms with Crippen molar-refractivity contribution in [2.24, 2.45) is 0 Å². The van der Waals surface area contributed by atoms with Crippen molar-refractivity contribution in [3.05, 3.63) is 52.3 Å². The van der Waals surface area contributed by atoms with Gasteiger partial charge in [0.1, 0.15) is 11.7 Å². The van der Waals surface area contributed by atoms with Gasteiger partial charge in [-0.05, 0) is 18.4 Å². The molecule has 0 N–H and O–H groups in total. The zero-order valence-electron chi connectivity index (χ0n) is 12.9. The maximum atomic E-state index is 12.7. The number of benzene rings is 1. The smallest absolute Gasteiger partial charge is 0.256 e. The van der Waals surface area contributed by atoms with Crippen LogP contribution < -0.4 is 10.3 Å². The summed E-state index contributed by atoms with van der Waals surface area (Å²) in [6.07, 6.45) is -0.672. The van der Waals surface area contributed by atoms with Gasteiger partial charge in [-0.2, -0.15) is 12.1 Å². The SMILES string of the molecule is CSCOc1ccc(-c2[c-]cc(C)c(=O)n2CC(F)F)cc1.[Y]. The Morgan fingerprint density at radius 3 is 2.52 bits per heavy atom. The van der Waals surface area contributed by atoms with Crippen LogP contribution in [0.1, 0.15) is 5.56 Å². The summed E-state index contributed by atoms with van der Waals surface area (Å²) in [7, 11) is 0. The number of nitrogens with zero attached hydrogens (tertiary/aromatic N) is 1. The fraction of sp³-hybridized carbons (Fsp3) is 0.312. The molecule has 7 heteroatoms. The van der Waals surface area contributed by atoms with Gasteiger partial charge in [0, 0.05) is 32.7 Å². The number of hydrogen-bond donors (Lipinski definition) is 0. The minimum absolute atomic E-state index is 0. The normalized spacial score (nSPS) is 10.5. The van der Waals surface area contributed by atoms with Gasteiger partial charge in [-0.1, -0.05) is 23.7 Å². The standard InChI is InChI=1S/C16H16F2NO2S.Y/c1-11-3-8-14(19(16(11)20)9-15(17)18)12-4-6-13(7-5-12)21-10-22-2;/h3-7,15H,9-10H2,1-2H3;/q-1;. The summed E-state index contributed by atoms with van der Waals surface area (Å²) in [4.78, 5) is 12.1. The van der Waals surface area contributed by atoms with E-state index in [1.54, 1.807) is 43.0 Å². The summed E-state index contributed by atoms with van der Waals surface area (Å²) in [6, 6.07) is 11.4. The molecule has 0 aliphatic heterocycles. The van der Waals surface area contributed by atoms with Crippen LogP contribution in [0, 0.1) is 13.0 Å². The molecule has 0 aliphatic rings. The second-order valence-corrected chi connectivity index (χ2v) is 5.52. The van der Waals surface area contributed by atoms with E-state index < -0.39 is 18.5 Å². The molecule has 0 atom stereocenters. The second-order valence-electron chi connectivity index (χ2n) is 4.70. The largest absolute Gasteiger partial charge is 0.483 e. The number of halogens is 2. The molecule has 1 aromatic carbocycles. The Bertz CT molecular complexity index is 689. The van der Waals surface area contributed by atoms with Gasteiger partial charge in [0.2, 0.25) is 0 Å². The first-order valence-corrected chi connectivity index (χ1v) is 8.04. The fourth-order valence-electron chi connectivity index (χ4n) is 2.02. The minimum atomic E-state index is -2.60. The maximum absolute atomic E-state index is 12.7. The molecule has 0 saturated heterocycles. The summed E-state index contributed by atoms with van der Waals surface area (Å²) in [6.45, 7) is 0.945. The zero-order chi connectivity index (χ0) is 16.1. The molecule has 0 bridgehead atoms. The Hall–Kier alpha value is -0.716. The van der Waals surface area contributed by atoms with E-state index in [1.165, 1.54) is 6.07 Å². The fourth-order valence-corrected chi connectivity index (χ4v) is 2.27. The Kier molecular flexibility index (Phi) is 8.44.